The summed E-state index contributed by atoms with van der Waals surface area (Å²) in [6, 6.07) is 2.20. The normalized spacial score (nSPS) is 21.7. The molecule has 0 unspecified atom stereocenters. The predicted molar refractivity (Wildman–Crippen MR) is 125 cm³/mol. The van der Waals surface area contributed by atoms with E-state index < -0.39 is 0 Å². The van der Waals surface area contributed by atoms with Crippen molar-refractivity contribution in [2.45, 2.75) is 84.7 Å². The van der Waals surface area contributed by atoms with Gasteiger partial charge >= 0.3 is 0 Å². The minimum Gasteiger partial charge on any atom is -0.507 e. The van der Waals surface area contributed by atoms with Crippen LogP contribution in [0.3, 0.4) is 0 Å². The van der Waals surface area contributed by atoms with Crippen LogP contribution in [-0.4, -0.2) is 43.1 Å². The molecule has 30 heavy (non-hydrogen) atoms. The lowest BCUT2D eigenvalue weighted by atomic mass is 9.67. The highest BCUT2D eigenvalue weighted by molar-refractivity contribution is 5.58. The smallest absolute Gasteiger partial charge is 0.127 e. The number of nitrogens with one attached hydrogen (secondary N) is 1. The fraction of sp³-hybridized carbons (Fsp3) is 0.692. The molecule has 1 aromatic rings. The highest BCUT2D eigenvalue weighted by Crippen LogP contribution is 2.54. The molecule has 1 heterocycles. The van der Waals surface area contributed by atoms with Crippen LogP contribution in [0.2, 0.25) is 0 Å². The molecule has 0 radical (unpaired) electrons. The van der Waals surface area contributed by atoms with Crippen LogP contribution in [-0.2, 0) is 6.42 Å². The van der Waals surface area contributed by atoms with Crippen molar-refractivity contribution < 1.29 is 19.8 Å². The van der Waals surface area contributed by atoms with Crippen molar-refractivity contribution in [1.29, 1.82) is 0 Å². The van der Waals surface area contributed by atoms with Gasteiger partial charge in [-0.1, -0.05) is 31.4 Å². The van der Waals surface area contributed by atoms with E-state index in [0.29, 0.717) is 18.3 Å². The maximum absolute atomic E-state index is 11.0. The van der Waals surface area contributed by atoms with E-state index in [4.69, 9.17) is 9.84 Å². The third-order valence-corrected chi connectivity index (χ3v) is 6.67. The molecule has 2 aliphatic rings. The fourth-order valence-corrected chi connectivity index (χ4v) is 4.76. The summed E-state index contributed by atoms with van der Waals surface area (Å²) in [6.07, 6.45) is 9.28. The molecule has 0 bridgehead atoms. The second-order valence-corrected chi connectivity index (χ2v) is 9.95. The van der Waals surface area contributed by atoms with Gasteiger partial charge < -0.3 is 19.8 Å². The molecular formula is C26H44NO3+. The quantitative estimate of drug-likeness (QED) is 0.480. The van der Waals surface area contributed by atoms with Gasteiger partial charge in [0, 0.05) is 17.4 Å². The lowest BCUT2D eigenvalue weighted by Gasteiger charge is -2.46. The Morgan fingerprint density at radius 3 is 2.47 bits per heavy atom. The number of likely N-dealkylation sites (N-methyl/N-ethyl adjacent to an activating group) is 1. The van der Waals surface area contributed by atoms with Crippen LogP contribution in [0.4, 0.5) is 0 Å². The monoisotopic (exact) mass is 418 g/mol. The Morgan fingerprint density at radius 2 is 1.90 bits per heavy atom. The van der Waals surface area contributed by atoms with Crippen LogP contribution in [0.15, 0.2) is 17.7 Å². The summed E-state index contributed by atoms with van der Waals surface area (Å²) < 4.78 is 6.42. The summed E-state index contributed by atoms with van der Waals surface area (Å²) in [5.41, 5.74) is 4.56. The molecule has 1 aliphatic carbocycles. The first-order valence-corrected chi connectivity index (χ1v) is 11.7. The van der Waals surface area contributed by atoms with Gasteiger partial charge in [-0.05, 0) is 70.6 Å². The number of phenolic OH excluding ortho intramolecular Hbond substituents is 1. The Morgan fingerprint density at radius 1 is 1.20 bits per heavy atom. The zero-order valence-corrected chi connectivity index (χ0v) is 20.3. The van der Waals surface area contributed by atoms with E-state index in [9.17, 15) is 5.11 Å². The van der Waals surface area contributed by atoms with Crippen LogP contribution in [0.25, 0.3) is 0 Å². The largest absolute Gasteiger partial charge is 0.507 e. The van der Waals surface area contributed by atoms with E-state index in [1.807, 2.05) is 14.1 Å². The Hall–Kier alpha value is -1.52. The number of ether oxygens (including phenoxy) is 1. The van der Waals surface area contributed by atoms with E-state index in [1.165, 1.54) is 35.3 Å². The molecule has 2 atom stereocenters. The van der Waals surface area contributed by atoms with Crippen LogP contribution < -0.4 is 9.64 Å². The standard InChI is InChI=1S/C22H32O2.C4H11NO/c1-6-7-8-9-16-13-19-20(21(23)15(16)3)17-12-14(2)10-11-18(17)22(4,5)24-19;1-5(2)3-4-6/h12-13,17-18,23H,6-11H2,1-5H3;6H,3-4H2,1-2H3/p+1/t17-,18-;/m1./s1. The van der Waals surface area contributed by atoms with Gasteiger partial charge in [0.25, 0.3) is 0 Å². The van der Waals surface area contributed by atoms with E-state index in [0.717, 1.165) is 42.7 Å². The first-order valence-electron chi connectivity index (χ1n) is 11.7. The maximum Gasteiger partial charge on any atom is 0.127 e. The molecule has 3 rings (SSSR count). The number of hydrogen-bond acceptors (Lipinski definition) is 3. The average Bonchev–Trinajstić information content (AvgIpc) is 2.65. The van der Waals surface area contributed by atoms with Crippen molar-refractivity contribution in [3.63, 3.8) is 0 Å². The number of aliphatic hydroxyl groups is 1. The SMILES string of the molecule is CCCCCc1cc2c(c(O)c1C)[C@@H]1C=C(C)CC[C@H]1C(C)(C)O2.C[NH+](C)CCO. The average molecular weight is 419 g/mol. The zero-order valence-electron chi connectivity index (χ0n) is 20.3. The van der Waals surface area contributed by atoms with Crippen molar-refractivity contribution >= 4 is 0 Å². The number of hydrogen-bond donors (Lipinski definition) is 3. The van der Waals surface area contributed by atoms with Gasteiger partial charge in [-0.15, -0.1) is 0 Å². The highest BCUT2D eigenvalue weighted by Gasteiger charge is 2.45. The van der Waals surface area contributed by atoms with Gasteiger partial charge in [0.1, 0.15) is 23.6 Å². The number of aromatic hydroxyl groups is 1. The Labute approximate surface area is 183 Å². The summed E-state index contributed by atoms with van der Waals surface area (Å²) in [7, 11) is 4.02. The molecule has 1 aliphatic heterocycles. The Kier molecular flexibility index (Phi) is 8.81. The molecular weight excluding hydrogens is 374 g/mol. The number of fused-ring (bicyclic) bond motifs is 3. The summed E-state index contributed by atoms with van der Waals surface area (Å²) >= 11 is 0. The lowest BCUT2D eigenvalue weighted by molar-refractivity contribution is -0.858. The van der Waals surface area contributed by atoms with E-state index in [-0.39, 0.29) is 11.5 Å². The molecule has 0 saturated carbocycles. The molecule has 3 N–H and O–H groups in total. The molecule has 4 nitrogen and oxygen atoms in total. The minimum absolute atomic E-state index is 0.183. The first kappa shape index (κ1) is 24.7. The summed E-state index contributed by atoms with van der Waals surface area (Å²) in [5.74, 6) is 2.09. The summed E-state index contributed by atoms with van der Waals surface area (Å²) in [6.45, 7) is 12.0. The van der Waals surface area contributed by atoms with Crippen molar-refractivity contribution in [2.24, 2.45) is 5.92 Å². The van der Waals surface area contributed by atoms with E-state index in [2.05, 4.69) is 46.8 Å². The molecule has 0 fully saturated rings. The van der Waals surface area contributed by atoms with Gasteiger partial charge in [-0.2, -0.15) is 0 Å². The summed E-state index contributed by atoms with van der Waals surface area (Å²) in [4.78, 5) is 1.29. The number of aryl methyl sites for hydroxylation is 1. The van der Waals surface area contributed by atoms with Gasteiger partial charge in [-0.25, -0.2) is 0 Å². The van der Waals surface area contributed by atoms with Crippen molar-refractivity contribution in [1.82, 2.24) is 0 Å². The molecule has 0 saturated heterocycles. The first-order chi connectivity index (χ1) is 14.1. The topological polar surface area (TPSA) is 54.1 Å². The number of rotatable bonds is 6. The molecule has 170 valence electrons. The Bertz CT molecular complexity index is 736. The second kappa shape index (κ2) is 10.7. The maximum atomic E-state index is 11.0. The molecule has 0 amide bonds. The van der Waals surface area contributed by atoms with Crippen LogP contribution >= 0.6 is 0 Å². The second-order valence-electron chi connectivity index (χ2n) is 9.95. The summed E-state index contributed by atoms with van der Waals surface area (Å²) in [5, 5.41) is 19.2. The number of allylic oxidation sites excluding steroid dienone is 2. The van der Waals surface area contributed by atoms with Gasteiger partial charge in [-0.3, -0.25) is 0 Å². The molecule has 4 heteroatoms. The van der Waals surface area contributed by atoms with Crippen molar-refractivity contribution in [3.05, 3.63) is 34.4 Å². The zero-order chi connectivity index (χ0) is 22.5. The fourth-order valence-electron chi connectivity index (χ4n) is 4.76. The van der Waals surface area contributed by atoms with Crippen LogP contribution in [0.5, 0.6) is 11.5 Å². The van der Waals surface area contributed by atoms with Crippen LogP contribution in [0.1, 0.15) is 82.4 Å². The third-order valence-electron chi connectivity index (χ3n) is 6.67. The molecule has 0 aromatic heterocycles. The number of quaternary nitrogens is 1. The predicted octanol–water partition coefficient (Wildman–Crippen LogP) is 4.17. The molecule has 0 spiro atoms. The van der Waals surface area contributed by atoms with Gasteiger partial charge in [0.2, 0.25) is 0 Å². The number of aliphatic hydroxyl groups excluding tert-OH is 1. The van der Waals surface area contributed by atoms with E-state index >= 15 is 0 Å². The third kappa shape index (κ3) is 5.79. The van der Waals surface area contributed by atoms with E-state index in [1.54, 1.807) is 0 Å². The van der Waals surface area contributed by atoms with Gasteiger partial charge in [0.05, 0.1) is 20.7 Å². The lowest BCUT2D eigenvalue weighted by Crippen LogP contribution is -3.06. The number of unbranched alkanes of at least 4 members (excludes halogenated alkanes) is 2. The minimum atomic E-state index is -0.183. The van der Waals surface area contributed by atoms with Crippen LogP contribution in [0, 0.1) is 12.8 Å². The number of phenols is 1. The van der Waals surface area contributed by atoms with Crippen molar-refractivity contribution in [3.8, 4) is 11.5 Å². The van der Waals surface area contributed by atoms with Crippen molar-refractivity contribution in [2.75, 3.05) is 27.2 Å². The highest BCUT2D eigenvalue weighted by atomic mass is 16.5. The molecule has 1 aromatic carbocycles. The number of benzene rings is 1. The van der Waals surface area contributed by atoms with Gasteiger partial charge in [0.15, 0.2) is 0 Å². The Balaban J connectivity index is 0.000000469.